The van der Waals surface area contributed by atoms with E-state index < -0.39 is 0 Å². The van der Waals surface area contributed by atoms with Gasteiger partial charge in [0.25, 0.3) is 5.91 Å². The van der Waals surface area contributed by atoms with Gasteiger partial charge in [0.05, 0.1) is 12.7 Å². The van der Waals surface area contributed by atoms with Gasteiger partial charge >= 0.3 is 0 Å². The number of rotatable bonds is 7. The lowest BCUT2D eigenvalue weighted by Gasteiger charge is -2.16. The zero-order chi connectivity index (χ0) is 14.6. The summed E-state index contributed by atoms with van der Waals surface area (Å²) in [6.45, 7) is 1.42. The number of amides is 1. The molecule has 1 amide bonds. The molecular weight excluding hydrogens is 256 g/mol. The largest absolute Gasteiger partial charge is 0.497 e. The van der Waals surface area contributed by atoms with E-state index >= 15 is 0 Å². The van der Waals surface area contributed by atoms with Crippen LogP contribution in [0.1, 0.15) is 29.6 Å². The third kappa shape index (κ3) is 3.42. The second kappa shape index (κ2) is 6.13. The molecule has 2 rings (SSSR count). The minimum atomic E-state index is -0.131. The number of anilines is 1. The van der Waals surface area contributed by atoms with Crippen LogP contribution in [0.2, 0.25) is 0 Å². The smallest absolute Gasteiger partial charge is 0.253 e. The highest BCUT2D eigenvalue weighted by Gasteiger charge is 2.42. The third-order valence-electron chi connectivity index (χ3n) is 3.92. The number of hydrogen-bond acceptors (Lipinski definition) is 4. The zero-order valence-electron chi connectivity index (χ0n) is 12.1. The van der Waals surface area contributed by atoms with Gasteiger partial charge in [0.15, 0.2) is 0 Å². The highest BCUT2D eigenvalue weighted by Crippen LogP contribution is 2.48. The number of hydrogen-bond donors (Lipinski definition) is 2. The molecule has 3 N–H and O–H groups in total. The Morgan fingerprint density at radius 1 is 1.40 bits per heavy atom. The van der Waals surface area contributed by atoms with Crippen molar-refractivity contribution in [3.63, 3.8) is 0 Å². The Morgan fingerprint density at radius 3 is 2.70 bits per heavy atom. The van der Waals surface area contributed by atoms with Crippen LogP contribution < -0.4 is 15.8 Å². The molecule has 5 nitrogen and oxygen atoms in total. The lowest BCUT2D eigenvalue weighted by atomic mass is 10.0. The SMILES string of the molecule is COCCC1(CNC(=O)c2ccc(OC)cc2N)CC1. The van der Waals surface area contributed by atoms with Crippen molar-refractivity contribution in [3.8, 4) is 5.75 Å². The number of nitrogens with one attached hydrogen (secondary N) is 1. The Kier molecular flexibility index (Phi) is 4.49. The van der Waals surface area contributed by atoms with Crippen molar-refractivity contribution in [2.45, 2.75) is 19.3 Å². The van der Waals surface area contributed by atoms with E-state index in [1.54, 1.807) is 32.4 Å². The highest BCUT2D eigenvalue weighted by molar-refractivity contribution is 5.99. The zero-order valence-corrected chi connectivity index (χ0v) is 12.1. The number of ether oxygens (including phenoxy) is 2. The molecule has 0 radical (unpaired) electrons. The molecular formula is C15H22N2O3. The van der Waals surface area contributed by atoms with Gasteiger partial charge in [0, 0.05) is 32.0 Å². The number of benzene rings is 1. The minimum Gasteiger partial charge on any atom is -0.497 e. The first kappa shape index (κ1) is 14.7. The van der Waals surface area contributed by atoms with Crippen molar-refractivity contribution in [3.05, 3.63) is 23.8 Å². The van der Waals surface area contributed by atoms with Crippen LogP contribution in [-0.4, -0.2) is 33.3 Å². The monoisotopic (exact) mass is 278 g/mol. The minimum absolute atomic E-state index is 0.131. The fraction of sp³-hybridized carbons (Fsp3) is 0.533. The first-order chi connectivity index (χ1) is 9.60. The molecule has 1 aromatic rings. The third-order valence-corrected chi connectivity index (χ3v) is 3.92. The molecule has 0 atom stereocenters. The van der Waals surface area contributed by atoms with Crippen LogP contribution in [0.25, 0.3) is 0 Å². The lowest BCUT2D eigenvalue weighted by molar-refractivity contribution is 0.0939. The van der Waals surface area contributed by atoms with Gasteiger partial charge in [0.2, 0.25) is 0 Å². The van der Waals surface area contributed by atoms with Gasteiger partial charge in [-0.2, -0.15) is 0 Å². The Labute approximate surface area is 119 Å². The summed E-state index contributed by atoms with van der Waals surface area (Å²) in [7, 11) is 3.27. The molecule has 1 aromatic carbocycles. The van der Waals surface area contributed by atoms with Gasteiger partial charge in [-0.3, -0.25) is 4.79 Å². The standard InChI is InChI=1S/C15H22N2O3/c1-19-8-7-15(5-6-15)10-17-14(18)12-4-3-11(20-2)9-13(12)16/h3-4,9H,5-8,10,16H2,1-2H3,(H,17,18). The van der Waals surface area contributed by atoms with E-state index in [9.17, 15) is 4.79 Å². The van der Waals surface area contributed by atoms with Gasteiger partial charge in [0.1, 0.15) is 5.75 Å². The van der Waals surface area contributed by atoms with Crippen LogP contribution >= 0.6 is 0 Å². The summed E-state index contributed by atoms with van der Waals surface area (Å²) in [5, 5.41) is 2.97. The number of carbonyl (C=O) groups excluding carboxylic acids is 1. The van der Waals surface area contributed by atoms with Crippen LogP contribution in [0, 0.1) is 5.41 Å². The van der Waals surface area contributed by atoms with Crippen LogP contribution in [0.4, 0.5) is 5.69 Å². The van der Waals surface area contributed by atoms with E-state index in [2.05, 4.69) is 5.32 Å². The van der Waals surface area contributed by atoms with E-state index in [1.165, 1.54) is 0 Å². The summed E-state index contributed by atoms with van der Waals surface area (Å²) < 4.78 is 10.2. The normalized spacial score (nSPS) is 15.7. The lowest BCUT2D eigenvalue weighted by Crippen LogP contribution is -2.31. The van der Waals surface area contributed by atoms with Gasteiger partial charge in [-0.05, 0) is 36.8 Å². The fourth-order valence-electron chi connectivity index (χ4n) is 2.25. The second-order valence-electron chi connectivity index (χ2n) is 5.38. The summed E-state index contributed by atoms with van der Waals surface area (Å²) in [4.78, 5) is 12.2. The first-order valence-corrected chi connectivity index (χ1v) is 6.81. The predicted molar refractivity (Wildman–Crippen MR) is 77.9 cm³/mol. The summed E-state index contributed by atoms with van der Waals surface area (Å²) in [5.41, 5.74) is 7.03. The van der Waals surface area contributed by atoms with Crippen LogP contribution in [-0.2, 0) is 4.74 Å². The molecule has 110 valence electrons. The van der Waals surface area contributed by atoms with E-state index in [-0.39, 0.29) is 11.3 Å². The second-order valence-corrected chi connectivity index (χ2v) is 5.38. The molecule has 1 saturated carbocycles. The van der Waals surface area contributed by atoms with Crippen molar-refractivity contribution >= 4 is 11.6 Å². The summed E-state index contributed by atoms with van der Waals surface area (Å²) in [5.74, 6) is 0.520. The van der Waals surface area contributed by atoms with E-state index in [1.807, 2.05) is 0 Å². The Bertz CT molecular complexity index is 484. The maximum absolute atomic E-state index is 12.2. The van der Waals surface area contributed by atoms with Crippen LogP contribution in [0.5, 0.6) is 5.75 Å². The maximum Gasteiger partial charge on any atom is 0.253 e. The molecule has 1 aliphatic rings. The Hall–Kier alpha value is -1.75. The average Bonchev–Trinajstić information content (AvgIpc) is 3.23. The van der Waals surface area contributed by atoms with Crippen molar-refractivity contribution in [1.29, 1.82) is 0 Å². The highest BCUT2D eigenvalue weighted by atomic mass is 16.5. The number of methoxy groups -OCH3 is 2. The molecule has 0 aromatic heterocycles. The number of carbonyl (C=O) groups is 1. The summed E-state index contributed by atoms with van der Waals surface area (Å²) in [6, 6.07) is 5.09. The summed E-state index contributed by atoms with van der Waals surface area (Å²) >= 11 is 0. The molecule has 0 heterocycles. The molecule has 0 bridgehead atoms. The van der Waals surface area contributed by atoms with Crippen LogP contribution in [0.15, 0.2) is 18.2 Å². The molecule has 5 heteroatoms. The number of nitrogens with two attached hydrogens (primary N) is 1. The van der Waals surface area contributed by atoms with Gasteiger partial charge < -0.3 is 20.5 Å². The number of nitrogen functional groups attached to an aromatic ring is 1. The molecule has 0 aliphatic heterocycles. The fourth-order valence-corrected chi connectivity index (χ4v) is 2.25. The van der Waals surface area contributed by atoms with E-state index in [0.29, 0.717) is 23.5 Å². The van der Waals surface area contributed by atoms with E-state index in [4.69, 9.17) is 15.2 Å². The predicted octanol–water partition coefficient (Wildman–Crippen LogP) is 1.82. The van der Waals surface area contributed by atoms with Crippen molar-refractivity contribution in [2.24, 2.45) is 5.41 Å². The molecule has 20 heavy (non-hydrogen) atoms. The van der Waals surface area contributed by atoms with Crippen molar-refractivity contribution in [1.82, 2.24) is 5.32 Å². The summed E-state index contributed by atoms with van der Waals surface area (Å²) in [6.07, 6.45) is 3.28. The van der Waals surface area contributed by atoms with Gasteiger partial charge in [-0.25, -0.2) is 0 Å². The maximum atomic E-state index is 12.2. The molecule has 0 unspecified atom stereocenters. The average molecular weight is 278 g/mol. The molecule has 1 aliphatic carbocycles. The van der Waals surface area contributed by atoms with Crippen molar-refractivity contribution in [2.75, 3.05) is 33.1 Å². The van der Waals surface area contributed by atoms with E-state index in [0.717, 1.165) is 25.9 Å². The molecule has 0 spiro atoms. The van der Waals surface area contributed by atoms with Crippen LogP contribution in [0.3, 0.4) is 0 Å². The Balaban J connectivity index is 1.92. The van der Waals surface area contributed by atoms with Crippen molar-refractivity contribution < 1.29 is 14.3 Å². The molecule has 1 fully saturated rings. The van der Waals surface area contributed by atoms with Gasteiger partial charge in [-0.1, -0.05) is 0 Å². The van der Waals surface area contributed by atoms with Gasteiger partial charge in [-0.15, -0.1) is 0 Å². The first-order valence-electron chi connectivity index (χ1n) is 6.81. The molecule has 0 saturated heterocycles. The Morgan fingerprint density at radius 2 is 2.15 bits per heavy atom. The quantitative estimate of drug-likeness (QED) is 0.746. The topological polar surface area (TPSA) is 73.6 Å².